The molecule has 8 heteroatoms. The minimum Gasteiger partial charge on any atom is -0.390 e. The standard InChI is InChI=1S/C17H23ClN4O3/c1-4-12-8-13(25-22-12)9-19-17(24)21-15-7-11(5-6-14(15)18)16(23)20-10(2)3/h5-7,10,13H,4,8-9H2,1-3H3,(H,20,23)(H2,19,21,24)/t13-/m1/s1. The highest BCUT2D eigenvalue weighted by Crippen LogP contribution is 2.23. The molecular weight excluding hydrogens is 344 g/mol. The van der Waals surface area contributed by atoms with E-state index in [1.165, 1.54) is 0 Å². The molecule has 1 aromatic carbocycles. The molecular formula is C17H23ClN4O3. The average Bonchev–Trinajstić information content (AvgIpc) is 3.02. The normalized spacial score (nSPS) is 16.2. The molecule has 0 spiro atoms. The van der Waals surface area contributed by atoms with Crippen LogP contribution in [-0.4, -0.2) is 36.3 Å². The van der Waals surface area contributed by atoms with Crippen LogP contribution < -0.4 is 16.0 Å². The maximum Gasteiger partial charge on any atom is 0.319 e. The number of anilines is 1. The monoisotopic (exact) mass is 366 g/mol. The van der Waals surface area contributed by atoms with E-state index in [0.717, 1.165) is 12.1 Å². The fourth-order valence-corrected chi connectivity index (χ4v) is 2.45. The fraction of sp³-hybridized carbons (Fsp3) is 0.471. The Bertz CT molecular complexity index is 676. The Morgan fingerprint density at radius 1 is 1.40 bits per heavy atom. The average molecular weight is 367 g/mol. The molecule has 0 bridgehead atoms. The van der Waals surface area contributed by atoms with Gasteiger partial charge in [-0.1, -0.05) is 23.7 Å². The zero-order valence-electron chi connectivity index (χ0n) is 14.6. The summed E-state index contributed by atoms with van der Waals surface area (Å²) in [4.78, 5) is 29.3. The van der Waals surface area contributed by atoms with Crippen molar-refractivity contribution >= 4 is 34.9 Å². The summed E-state index contributed by atoms with van der Waals surface area (Å²) >= 11 is 6.10. The quantitative estimate of drug-likeness (QED) is 0.722. The van der Waals surface area contributed by atoms with E-state index in [-0.39, 0.29) is 18.1 Å². The van der Waals surface area contributed by atoms with Crippen LogP contribution in [0.3, 0.4) is 0 Å². The maximum absolute atomic E-state index is 12.1. The number of hydrogen-bond acceptors (Lipinski definition) is 4. The Kier molecular flexibility index (Phi) is 6.64. The predicted molar refractivity (Wildman–Crippen MR) is 98.3 cm³/mol. The van der Waals surface area contributed by atoms with Crippen molar-refractivity contribution in [1.82, 2.24) is 10.6 Å². The Morgan fingerprint density at radius 2 is 2.16 bits per heavy atom. The molecule has 25 heavy (non-hydrogen) atoms. The number of rotatable bonds is 6. The van der Waals surface area contributed by atoms with Gasteiger partial charge < -0.3 is 20.8 Å². The molecule has 7 nitrogen and oxygen atoms in total. The van der Waals surface area contributed by atoms with Gasteiger partial charge in [0.2, 0.25) is 0 Å². The summed E-state index contributed by atoms with van der Waals surface area (Å²) in [5, 5.41) is 12.5. The van der Waals surface area contributed by atoms with Crippen molar-refractivity contribution in [1.29, 1.82) is 0 Å². The highest BCUT2D eigenvalue weighted by atomic mass is 35.5. The van der Waals surface area contributed by atoms with Crippen LogP contribution in [0.15, 0.2) is 23.4 Å². The number of nitrogens with one attached hydrogen (secondary N) is 3. The van der Waals surface area contributed by atoms with E-state index in [1.807, 2.05) is 20.8 Å². The van der Waals surface area contributed by atoms with E-state index in [2.05, 4.69) is 21.1 Å². The molecule has 0 fully saturated rings. The van der Waals surface area contributed by atoms with Crippen LogP contribution in [0, 0.1) is 0 Å². The summed E-state index contributed by atoms with van der Waals surface area (Å²) < 4.78 is 0. The van der Waals surface area contributed by atoms with Crippen molar-refractivity contribution in [2.24, 2.45) is 5.16 Å². The van der Waals surface area contributed by atoms with Crippen molar-refractivity contribution in [3.05, 3.63) is 28.8 Å². The molecule has 1 aromatic rings. The summed E-state index contributed by atoms with van der Waals surface area (Å²) in [6, 6.07) is 4.33. The molecule has 2 rings (SSSR count). The zero-order chi connectivity index (χ0) is 18.4. The molecule has 0 radical (unpaired) electrons. The third-order valence-corrected chi connectivity index (χ3v) is 3.92. The van der Waals surface area contributed by atoms with E-state index in [0.29, 0.717) is 29.2 Å². The van der Waals surface area contributed by atoms with Crippen LogP contribution in [-0.2, 0) is 4.84 Å². The van der Waals surface area contributed by atoms with Crippen molar-refractivity contribution in [2.45, 2.75) is 45.8 Å². The number of carbonyl (C=O) groups excluding carboxylic acids is 2. The van der Waals surface area contributed by atoms with E-state index in [9.17, 15) is 9.59 Å². The Morgan fingerprint density at radius 3 is 2.80 bits per heavy atom. The molecule has 0 unspecified atom stereocenters. The van der Waals surface area contributed by atoms with Crippen LogP contribution in [0.25, 0.3) is 0 Å². The molecule has 3 amide bonds. The molecule has 3 N–H and O–H groups in total. The van der Waals surface area contributed by atoms with Crippen LogP contribution in [0.1, 0.15) is 44.0 Å². The molecule has 1 aliphatic rings. The summed E-state index contributed by atoms with van der Waals surface area (Å²) in [5.74, 6) is -0.223. The predicted octanol–water partition coefficient (Wildman–Crippen LogP) is 3.15. The summed E-state index contributed by atoms with van der Waals surface area (Å²) in [7, 11) is 0. The topological polar surface area (TPSA) is 91.8 Å². The number of amides is 3. The molecule has 0 aromatic heterocycles. The van der Waals surface area contributed by atoms with Gasteiger partial charge in [0.05, 0.1) is 23.0 Å². The number of hydrogen-bond donors (Lipinski definition) is 3. The molecule has 136 valence electrons. The second-order valence-electron chi connectivity index (χ2n) is 6.10. The van der Waals surface area contributed by atoms with Crippen LogP contribution in [0.5, 0.6) is 0 Å². The van der Waals surface area contributed by atoms with Crippen molar-refractivity contribution in [2.75, 3.05) is 11.9 Å². The highest BCUT2D eigenvalue weighted by molar-refractivity contribution is 6.33. The molecule has 0 saturated carbocycles. The lowest BCUT2D eigenvalue weighted by Crippen LogP contribution is -2.35. The lowest BCUT2D eigenvalue weighted by molar-refractivity contribution is 0.0870. The lowest BCUT2D eigenvalue weighted by Gasteiger charge is -2.13. The summed E-state index contributed by atoms with van der Waals surface area (Å²) in [6.45, 7) is 6.09. The number of urea groups is 1. The largest absolute Gasteiger partial charge is 0.390 e. The maximum atomic E-state index is 12.1. The van der Waals surface area contributed by atoms with Gasteiger partial charge in [-0.15, -0.1) is 0 Å². The van der Waals surface area contributed by atoms with Gasteiger partial charge in [0.25, 0.3) is 5.91 Å². The van der Waals surface area contributed by atoms with Crippen LogP contribution in [0.4, 0.5) is 10.5 Å². The highest BCUT2D eigenvalue weighted by Gasteiger charge is 2.20. The Hall–Kier alpha value is -2.28. The van der Waals surface area contributed by atoms with Crippen LogP contribution in [0.2, 0.25) is 5.02 Å². The van der Waals surface area contributed by atoms with Gasteiger partial charge in [0.15, 0.2) is 0 Å². The van der Waals surface area contributed by atoms with E-state index < -0.39 is 6.03 Å². The van der Waals surface area contributed by atoms with Gasteiger partial charge in [-0.2, -0.15) is 0 Å². The number of nitrogens with zero attached hydrogens (tertiary/aromatic N) is 1. The molecule has 1 atom stereocenters. The van der Waals surface area contributed by atoms with Gasteiger partial charge in [-0.3, -0.25) is 4.79 Å². The van der Waals surface area contributed by atoms with Gasteiger partial charge in [-0.05, 0) is 38.5 Å². The lowest BCUT2D eigenvalue weighted by atomic mass is 10.1. The zero-order valence-corrected chi connectivity index (χ0v) is 15.3. The first kappa shape index (κ1) is 19.1. The fourth-order valence-electron chi connectivity index (χ4n) is 2.29. The third-order valence-electron chi connectivity index (χ3n) is 3.59. The number of carbonyl (C=O) groups is 2. The Labute approximate surface area is 152 Å². The van der Waals surface area contributed by atoms with Crippen molar-refractivity contribution < 1.29 is 14.4 Å². The van der Waals surface area contributed by atoms with Gasteiger partial charge in [-0.25, -0.2) is 4.79 Å². The number of benzene rings is 1. The summed E-state index contributed by atoms with van der Waals surface area (Å²) in [5.41, 5.74) is 1.78. The second kappa shape index (κ2) is 8.71. The third kappa shape index (κ3) is 5.63. The summed E-state index contributed by atoms with van der Waals surface area (Å²) in [6.07, 6.45) is 1.39. The Balaban J connectivity index is 1.90. The van der Waals surface area contributed by atoms with Crippen LogP contribution >= 0.6 is 11.6 Å². The van der Waals surface area contributed by atoms with Crippen molar-refractivity contribution in [3.8, 4) is 0 Å². The minimum atomic E-state index is -0.420. The van der Waals surface area contributed by atoms with E-state index in [1.54, 1.807) is 18.2 Å². The minimum absolute atomic E-state index is 0.0181. The smallest absolute Gasteiger partial charge is 0.319 e. The molecule has 0 saturated heterocycles. The molecule has 0 aliphatic carbocycles. The first-order valence-corrected chi connectivity index (χ1v) is 8.63. The van der Waals surface area contributed by atoms with Gasteiger partial charge >= 0.3 is 6.03 Å². The van der Waals surface area contributed by atoms with Gasteiger partial charge in [0, 0.05) is 18.0 Å². The first-order valence-electron chi connectivity index (χ1n) is 8.25. The second-order valence-corrected chi connectivity index (χ2v) is 6.51. The first-order chi connectivity index (χ1) is 11.9. The van der Waals surface area contributed by atoms with E-state index in [4.69, 9.17) is 16.4 Å². The number of halogens is 1. The van der Waals surface area contributed by atoms with Crippen molar-refractivity contribution in [3.63, 3.8) is 0 Å². The molecule has 1 heterocycles. The SMILES string of the molecule is CCC1=NO[C@@H](CNC(=O)Nc2cc(C(=O)NC(C)C)ccc2Cl)C1. The van der Waals surface area contributed by atoms with E-state index >= 15 is 0 Å². The van der Waals surface area contributed by atoms with Gasteiger partial charge in [0.1, 0.15) is 6.10 Å². The number of oxime groups is 1. The molecule has 1 aliphatic heterocycles.